The van der Waals surface area contributed by atoms with E-state index in [4.69, 9.17) is 0 Å². The van der Waals surface area contributed by atoms with Gasteiger partial charge in [-0.05, 0) is 57.8 Å². The summed E-state index contributed by atoms with van der Waals surface area (Å²) >= 11 is 0. The van der Waals surface area contributed by atoms with Crippen LogP contribution in [-0.4, -0.2) is 56.6 Å². The minimum Gasteiger partial charge on any atom is -0.465 e. The molecule has 5 heteroatoms. The van der Waals surface area contributed by atoms with Crippen LogP contribution in [0.2, 0.25) is 0 Å². The molecule has 0 saturated heterocycles. The van der Waals surface area contributed by atoms with Gasteiger partial charge >= 0.3 is 5.97 Å². The minimum absolute atomic E-state index is 0.0168. The van der Waals surface area contributed by atoms with Gasteiger partial charge in [0.15, 0.2) is 0 Å². The number of hydrogen-bond donors (Lipinski definition) is 0. The van der Waals surface area contributed by atoms with Gasteiger partial charge in [-0.3, -0.25) is 4.90 Å². The molecule has 0 bridgehead atoms. The maximum atomic E-state index is 13.9. The van der Waals surface area contributed by atoms with Crippen molar-refractivity contribution in [2.45, 2.75) is 19.9 Å². The van der Waals surface area contributed by atoms with Crippen LogP contribution < -0.4 is 0 Å². The van der Waals surface area contributed by atoms with E-state index in [0.717, 1.165) is 31.6 Å². The van der Waals surface area contributed by atoms with Gasteiger partial charge < -0.3 is 9.64 Å². The second-order valence-electron chi connectivity index (χ2n) is 5.33. The quantitative estimate of drug-likeness (QED) is 0.690. The third kappa shape index (κ3) is 5.81. The molecule has 1 rings (SSSR count). The van der Waals surface area contributed by atoms with E-state index in [1.807, 2.05) is 0 Å². The smallest absolute Gasteiger partial charge is 0.340 e. The molecule has 0 atom stereocenters. The molecule has 0 spiro atoms. The molecule has 0 heterocycles. The number of halogens is 1. The monoisotopic (exact) mass is 296 g/mol. The molecule has 0 aromatic heterocycles. The van der Waals surface area contributed by atoms with Gasteiger partial charge in [0, 0.05) is 6.54 Å². The van der Waals surface area contributed by atoms with Crippen LogP contribution in [0.5, 0.6) is 0 Å². The summed E-state index contributed by atoms with van der Waals surface area (Å²) in [6, 6.07) is 4.69. The van der Waals surface area contributed by atoms with Crippen molar-refractivity contribution in [1.29, 1.82) is 0 Å². The topological polar surface area (TPSA) is 32.8 Å². The first kappa shape index (κ1) is 17.6. The van der Waals surface area contributed by atoms with Gasteiger partial charge in [0.05, 0.1) is 12.7 Å². The standard InChI is InChI=1S/C16H25FN2O2/c1-5-19(10-6-9-18(2)3)12-13-7-8-14(15(17)11-13)16(20)21-4/h7-8,11H,5-6,9-10,12H2,1-4H3. The number of carbonyl (C=O) groups is 1. The molecular formula is C16H25FN2O2. The predicted octanol–water partition coefficient (Wildman–Crippen LogP) is 2.39. The molecule has 1 aromatic rings. The minimum atomic E-state index is -0.641. The molecule has 0 unspecified atom stereocenters. The number of hydrogen-bond acceptors (Lipinski definition) is 4. The van der Waals surface area contributed by atoms with E-state index in [9.17, 15) is 9.18 Å². The number of carbonyl (C=O) groups excluding carboxylic acids is 1. The van der Waals surface area contributed by atoms with Gasteiger partial charge in [0.2, 0.25) is 0 Å². The van der Waals surface area contributed by atoms with Crippen molar-refractivity contribution < 1.29 is 13.9 Å². The van der Waals surface area contributed by atoms with Gasteiger partial charge in [-0.2, -0.15) is 0 Å². The van der Waals surface area contributed by atoms with E-state index in [2.05, 4.69) is 35.6 Å². The maximum absolute atomic E-state index is 13.9. The van der Waals surface area contributed by atoms with Gasteiger partial charge in [-0.1, -0.05) is 13.0 Å². The molecule has 0 amide bonds. The lowest BCUT2D eigenvalue weighted by Crippen LogP contribution is -2.27. The zero-order valence-corrected chi connectivity index (χ0v) is 13.4. The lowest BCUT2D eigenvalue weighted by atomic mass is 10.1. The number of ether oxygens (including phenoxy) is 1. The Kier molecular flexibility index (Phi) is 7.32. The average Bonchev–Trinajstić information content (AvgIpc) is 2.45. The fourth-order valence-corrected chi connectivity index (χ4v) is 2.15. The Balaban J connectivity index is 2.64. The third-order valence-corrected chi connectivity index (χ3v) is 3.37. The molecule has 0 aliphatic carbocycles. The van der Waals surface area contributed by atoms with E-state index >= 15 is 0 Å². The maximum Gasteiger partial charge on any atom is 0.340 e. The van der Waals surface area contributed by atoms with E-state index in [0.29, 0.717) is 6.54 Å². The molecule has 0 radical (unpaired) electrons. The van der Waals surface area contributed by atoms with Crippen LogP contribution in [0.1, 0.15) is 29.3 Å². The highest BCUT2D eigenvalue weighted by Crippen LogP contribution is 2.13. The first-order valence-corrected chi connectivity index (χ1v) is 7.21. The van der Waals surface area contributed by atoms with Gasteiger partial charge in [-0.15, -0.1) is 0 Å². The molecular weight excluding hydrogens is 271 g/mol. The van der Waals surface area contributed by atoms with E-state index < -0.39 is 11.8 Å². The summed E-state index contributed by atoms with van der Waals surface area (Å²) in [5, 5.41) is 0. The zero-order valence-electron chi connectivity index (χ0n) is 13.4. The second kappa shape index (κ2) is 8.74. The summed E-state index contributed by atoms with van der Waals surface area (Å²) < 4.78 is 18.4. The van der Waals surface area contributed by atoms with Crippen LogP contribution in [0, 0.1) is 5.82 Å². The summed E-state index contributed by atoms with van der Waals surface area (Å²) in [6.45, 7) is 5.69. The Morgan fingerprint density at radius 1 is 1.29 bits per heavy atom. The Bertz CT molecular complexity index is 464. The van der Waals surface area contributed by atoms with Crippen LogP contribution >= 0.6 is 0 Å². The molecule has 0 saturated carbocycles. The second-order valence-corrected chi connectivity index (χ2v) is 5.33. The normalized spacial score (nSPS) is 11.2. The molecule has 0 fully saturated rings. The summed E-state index contributed by atoms with van der Waals surface area (Å²) in [7, 11) is 5.35. The SMILES string of the molecule is CCN(CCCN(C)C)Cc1ccc(C(=O)OC)c(F)c1. The van der Waals surface area contributed by atoms with Gasteiger partial charge in [0.25, 0.3) is 0 Å². The fraction of sp³-hybridized carbons (Fsp3) is 0.562. The largest absolute Gasteiger partial charge is 0.465 e. The lowest BCUT2D eigenvalue weighted by molar-refractivity contribution is 0.0595. The predicted molar refractivity (Wildman–Crippen MR) is 81.9 cm³/mol. The van der Waals surface area contributed by atoms with Crippen molar-refractivity contribution in [3.05, 3.63) is 35.1 Å². The number of rotatable bonds is 8. The van der Waals surface area contributed by atoms with Crippen LogP contribution in [0.4, 0.5) is 4.39 Å². The molecule has 1 aromatic carbocycles. The van der Waals surface area contributed by atoms with E-state index in [1.54, 1.807) is 6.07 Å². The van der Waals surface area contributed by atoms with Gasteiger partial charge in [0.1, 0.15) is 5.82 Å². The van der Waals surface area contributed by atoms with Crippen molar-refractivity contribution in [2.75, 3.05) is 40.8 Å². The van der Waals surface area contributed by atoms with Crippen LogP contribution in [-0.2, 0) is 11.3 Å². The number of esters is 1. The highest BCUT2D eigenvalue weighted by Gasteiger charge is 2.13. The first-order chi connectivity index (χ1) is 9.97. The third-order valence-electron chi connectivity index (χ3n) is 3.37. The summed E-state index contributed by atoms with van der Waals surface area (Å²) in [6.07, 6.45) is 1.07. The molecule has 0 aliphatic rings. The molecule has 0 N–H and O–H groups in total. The molecule has 0 aliphatic heterocycles. The molecule has 118 valence electrons. The van der Waals surface area contributed by atoms with Crippen molar-refractivity contribution in [1.82, 2.24) is 9.80 Å². The number of nitrogens with zero attached hydrogens (tertiary/aromatic N) is 2. The molecule has 21 heavy (non-hydrogen) atoms. The van der Waals surface area contributed by atoms with Crippen LogP contribution in [0.3, 0.4) is 0 Å². The van der Waals surface area contributed by atoms with Crippen molar-refractivity contribution >= 4 is 5.97 Å². The van der Waals surface area contributed by atoms with E-state index in [1.165, 1.54) is 19.2 Å². The Morgan fingerprint density at radius 3 is 2.52 bits per heavy atom. The van der Waals surface area contributed by atoms with E-state index in [-0.39, 0.29) is 5.56 Å². The first-order valence-electron chi connectivity index (χ1n) is 7.21. The summed E-state index contributed by atoms with van der Waals surface area (Å²) in [5.74, 6) is -1.17. The Labute approximate surface area is 126 Å². The van der Waals surface area contributed by atoms with Gasteiger partial charge in [-0.25, -0.2) is 9.18 Å². The Hall–Kier alpha value is -1.46. The van der Waals surface area contributed by atoms with Crippen LogP contribution in [0.15, 0.2) is 18.2 Å². The highest BCUT2D eigenvalue weighted by atomic mass is 19.1. The average molecular weight is 296 g/mol. The Morgan fingerprint density at radius 2 is 2.00 bits per heavy atom. The fourth-order valence-electron chi connectivity index (χ4n) is 2.15. The zero-order chi connectivity index (χ0) is 15.8. The summed E-state index contributed by atoms with van der Waals surface area (Å²) in [4.78, 5) is 15.8. The van der Waals surface area contributed by atoms with Crippen molar-refractivity contribution in [3.63, 3.8) is 0 Å². The van der Waals surface area contributed by atoms with Crippen LogP contribution in [0.25, 0.3) is 0 Å². The number of methoxy groups -OCH3 is 1. The van der Waals surface area contributed by atoms with Crippen molar-refractivity contribution in [3.8, 4) is 0 Å². The number of benzene rings is 1. The summed E-state index contributed by atoms with van der Waals surface area (Å²) in [5.41, 5.74) is 0.851. The molecule has 4 nitrogen and oxygen atoms in total. The highest BCUT2D eigenvalue weighted by molar-refractivity contribution is 5.89. The van der Waals surface area contributed by atoms with Crippen molar-refractivity contribution in [2.24, 2.45) is 0 Å². The lowest BCUT2D eigenvalue weighted by Gasteiger charge is -2.21.